The number of carbonyl (C=O) groups is 1. The van der Waals surface area contributed by atoms with E-state index in [1.165, 1.54) is 11.8 Å². The van der Waals surface area contributed by atoms with E-state index >= 15 is 0 Å². The lowest BCUT2D eigenvalue weighted by Gasteiger charge is -2.16. The number of rotatable bonds is 4. The topological polar surface area (TPSA) is 44.7 Å². The number of hydrogen-bond donors (Lipinski definition) is 1. The van der Waals surface area contributed by atoms with Crippen LogP contribution in [0.3, 0.4) is 0 Å². The molecule has 0 radical (unpaired) electrons. The zero-order valence-corrected chi connectivity index (χ0v) is 13.8. The molecular formula is C17H14ClN3OS. The predicted octanol–water partition coefficient (Wildman–Crippen LogP) is 3.95. The van der Waals surface area contributed by atoms with Gasteiger partial charge >= 0.3 is 0 Å². The van der Waals surface area contributed by atoms with Gasteiger partial charge in [0.05, 0.1) is 17.1 Å². The normalized spacial score (nSPS) is 16.0. The first kappa shape index (κ1) is 15.6. The Kier molecular flexibility index (Phi) is 4.69. The minimum absolute atomic E-state index is 0.0128. The first-order valence-electron chi connectivity index (χ1n) is 6.94. The Morgan fingerprint density at radius 1 is 1.17 bits per heavy atom. The highest BCUT2D eigenvalue weighted by atomic mass is 35.5. The van der Waals surface area contributed by atoms with Crippen LogP contribution in [0, 0.1) is 0 Å². The Balaban J connectivity index is 1.77. The van der Waals surface area contributed by atoms with Gasteiger partial charge in [0.2, 0.25) is 5.91 Å². The SMILES string of the molecule is C=C(N/N=C1\SCC(=O)N1c1ccccc1)c1ccc(Cl)cc1. The summed E-state index contributed by atoms with van der Waals surface area (Å²) in [5.41, 5.74) is 5.25. The molecule has 0 aromatic heterocycles. The summed E-state index contributed by atoms with van der Waals surface area (Å²) < 4.78 is 0. The zero-order chi connectivity index (χ0) is 16.2. The fourth-order valence-electron chi connectivity index (χ4n) is 2.11. The monoisotopic (exact) mass is 343 g/mol. The third-order valence-corrected chi connectivity index (χ3v) is 4.43. The smallest absolute Gasteiger partial charge is 0.243 e. The molecule has 1 amide bonds. The van der Waals surface area contributed by atoms with Crippen molar-refractivity contribution < 1.29 is 4.79 Å². The summed E-state index contributed by atoms with van der Waals surface area (Å²) in [5, 5.41) is 5.61. The molecule has 0 saturated carbocycles. The highest BCUT2D eigenvalue weighted by molar-refractivity contribution is 8.15. The van der Waals surface area contributed by atoms with Crippen molar-refractivity contribution in [3.63, 3.8) is 0 Å². The maximum absolute atomic E-state index is 12.1. The van der Waals surface area contributed by atoms with Gasteiger partial charge in [0.25, 0.3) is 0 Å². The van der Waals surface area contributed by atoms with Gasteiger partial charge in [-0.2, -0.15) is 0 Å². The van der Waals surface area contributed by atoms with Gasteiger partial charge in [0.1, 0.15) is 0 Å². The van der Waals surface area contributed by atoms with E-state index in [-0.39, 0.29) is 5.91 Å². The molecule has 3 rings (SSSR count). The van der Waals surface area contributed by atoms with Crippen LogP contribution in [0.1, 0.15) is 5.56 Å². The van der Waals surface area contributed by atoms with Crippen LogP contribution in [0.25, 0.3) is 5.70 Å². The highest BCUT2D eigenvalue weighted by Gasteiger charge is 2.29. The summed E-state index contributed by atoms with van der Waals surface area (Å²) >= 11 is 7.27. The number of anilines is 1. The Morgan fingerprint density at radius 3 is 2.57 bits per heavy atom. The molecule has 1 aliphatic heterocycles. The summed E-state index contributed by atoms with van der Waals surface area (Å²) in [4.78, 5) is 13.7. The second kappa shape index (κ2) is 6.89. The number of halogens is 1. The highest BCUT2D eigenvalue weighted by Crippen LogP contribution is 2.26. The molecule has 1 saturated heterocycles. The van der Waals surface area contributed by atoms with Gasteiger partial charge < -0.3 is 0 Å². The molecule has 1 fully saturated rings. The van der Waals surface area contributed by atoms with E-state index in [2.05, 4.69) is 17.1 Å². The van der Waals surface area contributed by atoms with Crippen LogP contribution in [-0.2, 0) is 4.79 Å². The molecule has 2 aromatic carbocycles. The number of para-hydroxylation sites is 1. The van der Waals surface area contributed by atoms with Crippen molar-refractivity contribution in [1.82, 2.24) is 5.43 Å². The van der Waals surface area contributed by atoms with E-state index in [1.807, 2.05) is 42.5 Å². The van der Waals surface area contributed by atoms with Crippen LogP contribution < -0.4 is 10.3 Å². The van der Waals surface area contributed by atoms with Crippen molar-refractivity contribution in [3.8, 4) is 0 Å². The minimum Gasteiger partial charge on any atom is -0.276 e. The molecule has 0 spiro atoms. The van der Waals surface area contributed by atoms with E-state index in [4.69, 9.17) is 11.6 Å². The van der Waals surface area contributed by atoms with Gasteiger partial charge in [-0.05, 0) is 29.8 Å². The quantitative estimate of drug-likeness (QED) is 0.855. The molecule has 116 valence electrons. The fraction of sp³-hybridized carbons (Fsp3) is 0.0588. The summed E-state index contributed by atoms with van der Waals surface area (Å²) in [7, 11) is 0. The second-order valence-electron chi connectivity index (χ2n) is 4.85. The van der Waals surface area contributed by atoms with Gasteiger partial charge in [-0.25, -0.2) is 0 Å². The molecule has 2 aromatic rings. The predicted molar refractivity (Wildman–Crippen MR) is 97.4 cm³/mol. The minimum atomic E-state index is 0.0128. The molecule has 1 N–H and O–H groups in total. The lowest BCUT2D eigenvalue weighted by Crippen LogP contribution is -2.30. The largest absolute Gasteiger partial charge is 0.276 e. The van der Waals surface area contributed by atoms with E-state index in [0.29, 0.717) is 21.6 Å². The van der Waals surface area contributed by atoms with Crippen molar-refractivity contribution in [2.75, 3.05) is 10.7 Å². The van der Waals surface area contributed by atoms with Crippen molar-refractivity contribution in [2.24, 2.45) is 5.10 Å². The van der Waals surface area contributed by atoms with E-state index < -0.39 is 0 Å². The van der Waals surface area contributed by atoms with E-state index in [0.717, 1.165) is 11.3 Å². The number of nitrogens with one attached hydrogen (secondary N) is 1. The van der Waals surface area contributed by atoms with Gasteiger partial charge in [-0.1, -0.05) is 60.3 Å². The number of benzene rings is 2. The summed E-state index contributed by atoms with van der Waals surface area (Å²) in [6.07, 6.45) is 0. The molecule has 0 atom stereocenters. The van der Waals surface area contributed by atoms with Crippen molar-refractivity contribution in [3.05, 3.63) is 71.8 Å². The maximum Gasteiger partial charge on any atom is 0.243 e. The van der Waals surface area contributed by atoms with Crippen LogP contribution in [0.2, 0.25) is 5.02 Å². The number of thioether (sulfide) groups is 1. The van der Waals surface area contributed by atoms with Crippen LogP contribution >= 0.6 is 23.4 Å². The molecule has 1 aliphatic rings. The number of carbonyl (C=O) groups excluding carboxylic acids is 1. The average Bonchev–Trinajstić information content (AvgIpc) is 2.95. The first-order chi connectivity index (χ1) is 11.1. The lowest BCUT2D eigenvalue weighted by atomic mass is 10.2. The molecule has 6 heteroatoms. The molecule has 0 aliphatic carbocycles. The average molecular weight is 344 g/mol. The summed E-state index contributed by atoms with van der Waals surface area (Å²) in [6, 6.07) is 16.8. The van der Waals surface area contributed by atoms with Crippen LogP contribution in [0.4, 0.5) is 5.69 Å². The Bertz CT molecular complexity index is 759. The van der Waals surface area contributed by atoms with Gasteiger partial charge in [-0.15, -0.1) is 5.10 Å². The molecule has 1 heterocycles. The fourth-order valence-corrected chi connectivity index (χ4v) is 3.06. The van der Waals surface area contributed by atoms with Gasteiger partial charge in [-0.3, -0.25) is 15.1 Å². The first-order valence-corrected chi connectivity index (χ1v) is 8.31. The molecule has 4 nitrogen and oxygen atoms in total. The second-order valence-corrected chi connectivity index (χ2v) is 6.22. The third kappa shape index (κ3) is 3.57. The number of amidine groups is 1. The van der Waals surface area contributed by atoms with E-state index in [1.54, 1.807) is 17.0 Å². The Hall–Kier alpha value is -2.24. The molecule has 0 bridgehead atoms. The zero-order valence-electron chi connectivity index (χ0n) is 12.2. The van der Waals surface area contributed by atoms with Gasteiger partial charge in [0.15, 0.2) is 5.17 Å². The number of hydrogen-bond acceptors (Lipinski definition) is 4. The Labute approximate surface area is 143 Å². The van der Waals surface area contributed by atoms with E-state index in [9.17, 15) is 4.79 Å². The Morgan fingerprint density at radius 2 is 1.87 bits per heavy atom. The number of hydrazone groups is 1. The number of amides is 1. The standard InChI is InChI=1S/C17H14ClN3OS/c1-12(13-7-9-14(18)10-8-13)19-20-17-21(16(22)11-23-17)15-5-3-2-4-6-15/h2-10,19H,1,11H2/b20-17-. The maximum atomic E-state index is 12.1. The molecule has 0 unspecified atom stereocenters. The van der Waals surface area contributed by atoms with Crippen molar-refractivity contribution in [2.45, 2.75) is 0 Å². The number of nitrogens with zero attached hydrogens (tertiary/aromatic N) is 2. The summed E-state index contributed by atoms with van der Waals surface area (Å²) in [5.74, 6) is 0.391. The van der Waals surface area contributed by atoms with Crippen LogP contribution in [0.5, 0.6) is 0 Å². The van der Waals surface area contributed by atoms with Crippen molar-refractivity contribution in [1.29, 1.82) is 0 Å². The molecule has 23 heavy (non-hydrogen) atoms. The van der Waals surface area contributed by atoms with Crippen LogP contribution in [0.15, 0.2) is 66.3 Å². The third-order valence-electron chi connectivity index (χ3n) is 3.26. The van der Waals surface area contributed by atoms with Crippen LogP contribution in [-0.4, -0.2) is 16.8 Å². The lowest BCUT2D eigenvalue weighted by molar-refractivity contribution is -0.115. The van der Waals surface area contributed by atoms with Crippen molar-refractivity contribution >= 4 is 45.8 Å². The van der Waals surface area contributed by atoms with Gasteiger partial charge in [0, 0.05) is 5.02 Å². The summed E-state index contributed by atoms with van der Waals surface area (Å²) in [6.45, 7) is 3.96. The molecular weight excluding hydrogens is 330 g/mol.